The van der Waals surface area contributed by atoms with Gasteiger partial charge in [0, 0.05) is 49.6 Å². The summed E-state index contributed by atoms with van der Waals surface area (Å²) in [6, 6.07) is 12.2. The Balaban J connectivity index is 1.68. The zero-order chi connectivity index (χ0) is 19.6. The van der Waals surface area contributed by atoms with Crippen molar-refractivity contribution in [2.75, 3.05) is 31.1 Å². The number of ketones is 1. The van der Waals surface area contributed by atoms with Gasteiger partial charge in [0.1, 0.15) is 0 Å². The molecule has 1 aliphatic heterocycles. The molecule has 3 rings (SSSR count). The first kappa shape index (κ1) is 19.0. The molecule has 27 heavy (non-hydrogen) atoms. The number of hydrogen-bond acceptors (Lipinski definition) is 6. The van der Waals surface area contributed by atoms with Crippen LogP contribution in [0, 0.1) is 10.1 Å². The molecule has 1 aliphatic rings. The fourth-order valence-electron chi connectivity index (χ4n) is 2.98. The number of sulfonamides is 1. The highest BCUT2D eigenvalue weighted by Gasteiger charge is 2.28. The third-order valence-electron chi connectivity index (χ3n) is 4.56. The first-order valence-electron chi connectivity index (χ1n) is 8.39. The monoisotopic (exact) mass is 389 g/mol. The molecule has 0 bridgehead atoms. The Morgan fingerprint density at radius 3 is 2.00 bits per heavy atom. The highest BCUT2D eigenvalue weighted by atomic mass is 32.2. The number of non-ortho nitro benzene ring substituents is 1. The van der Waals surface area contributed by atoms with E-state index in [4.69, 9.17) is 0 Å². The van der Waals surface area contributed by atoms with E-state index in [9.17, 15) is 23.3 Å². The van der Waals surface area contributed by atoms with Gasteiger partial charge in [-0.05, 0) is 31.2 Å². The van der Waals surface area contributed by atoms with Crippen molar-refractivity contribution in [3.05, 3.63) is 64.2 Å². The Labute approximate surface area is 157 Å². The largest absolute Gasteiger partial charge is 0.369 e. The van der Waals surface area contributed by atoms with Gasteiger partial charge < -0.3 is 4.90 Å². The molecule has 1 saturated heterocycles. The molecule has 0 aromatic heterocycles. The van der Waals surface area contributed by atoms with Crippen molar-refractivity contribution in [1.29, 1.82) is 0 Å². The van der Waals surface area contributed by atoms with Gasteiger partial charge in [-0.25, -0.2) is 8.42 Å². The molecule has 1 fully saturated rings. The predicted molar refractivity (Wildman–Crippen MR) is 101 cm³/mol. The van der Waals surface area contributed by atoms with E-state index in [1.165, 1.54) is 47.6 Å². The standard InChI is InChI=1S/C18H19N3O5S/c1-14(22)15-2-8-18(9-3-15)27(25,26)20-12-10-19(11-13-20)16-4-6-17(7-5-16)21(23)24/h2-9H,10-13H2,1H3. The second-order valence-corrected chi connectivity index (χ2v) is 8.18. The van der Waals surface area contributed by atoms with Gasteiger partial charge in [-0.2, -0.15) is 4.31 Å². The van der Waals surface area contributed by atoms with Crippen LogP contribution in [0.25, 0.3) is 0 Å². The van der Waals surface area contributed by atoms with Crippen LogP contribution in [0.2, 0.25) is 0 Å². The van der Waals surface area contributed by atoms with E-state index < -0.39 is 14.9 Å². The molecule has 0 saturated carbocycles. The summed E-state index contributed by atoms with van der Waals surface area (Å²) in [5.41, 5.74) is 1.31. The second kappa shape index (κ2) is 7.45. The minimum absolute atomic E-state index is 0.0222. The number of benzene rings is 2. The van der Waals surface area contributed by atoms with Crippen molar-refractivity contribution >= 4 is 27.2 Å². The van der Waals surface area contributed by atoms with Crippen molar-refractivity contribution in [2.45, 2.75) is 11.8 Å². The number of piperazine rings is 1. The smallest absolute Gasteiger partial charge is 0.269 e. The van der Waals surface area contributed by atoms with Gasteiger partial charge in [-0.15, -0.1) is 0 Å². The van der Waals surface area contributed by atoms with Gasteiger partial charge in [0.15, 0.2) is 5.78 Å². The highest BCUT2D eigenvalue weighted by Crippen LogP contribution is 2.23. The average Bonchev–Trinajstić information content (AvgIpc) is 2.68. The van der Waals surface area contributed by atoms with E-state index >= 15 is 0 Å². The molecule has 0 atom stereocenters. The number of rotatable bonds is 5. The molecule has 2 aromatic rings. The number of nitro benzene ring substituents is 1. The SMILES string of the molecule is CC(=O)c1ccc(S(=O)(=O)N2CCN(c3ccc([N+](=O)[O-])cc3)CC2)cc1. The number of nitrogens with zero attached hydrogens (tertiary/aromatic N) is 3. The van der Waals surface area contributed by atoms with E-state index in [-0.39, 0.29) is 16.4 Å². The Kier molecular flexibility index (Phi) is 5.24. The fraction of sp³-hybridized carbons (Fsp3) is 0.278. The third kappa shape index (κ3) is 3.99. The minimum Gasteiger partial charge on any atom is -0.369 e. The topological polar surface area (TPSA) is 101 Å². The van der Waals surface area contributed by atoms with Crippen molar-refractivity contribution < 1.29 is 18.1 Å². The Bertz CT molecular complexity index is 947. The maximum absolute atomic E-state index is 12.8. The molecule has 0 radical (unpaired) electrons. The van der Waals surface area contributed by atoms with Gasteiger partial charge in [0.25, 0.3) is 5.69 Å². The summed E-state index contributed by atoms with van der Waals surface area (Å²) in [4.78, 5) is 23.8. The molecule has 0 spiro atoms. The molecular weight excluding hydrogens is 370 g/mol. The Morgan fingerprint density at radius 2 is 1.52 bits per heavy atom. The zero-order valence-electron chi connectivity index (χ0n) is 14.7. The average molecular weight is 389 g/mol. The van der Waals surface area contributed by atoms with Crippen molar-refractivity contribution in [2.24, 2.45) is 0 Å². The van der Waals surface area contributed by atoms with E-state index in [1.807, 2.05) is 4.90 Å². The molecule has 0 aliphatic carbocycles. The summed E-state index contributed by atoms with van der Waals surface area (Å²) in [5, 5.41) is 10.7. The van der Waals surface area contributed by atoms with Crippen LogP contribution < -0.4 is 4.90 Å². The third-order valence-corrected chi connectivity index (χ3v) is 6.48. The van der Waals surface area contributed by atoms with E-state index in [0.29, 0.717) is 31.7 Å². The van der Waals surface area contributed by atoms with Gasteiger partial charge in [0.05, 0.1) is 9.82 Å². The first-order valence-corrected chi connectivity index (χ1v) is 9.83. The van der Waals surface area contributed by atoms with Gasteiger partial charge in [0.2, 0.25) is 10.0 Å². The summed E-state index contributed by atoms with van der Waals surface area (Å²) < 4.78 is 27.0. The minimum atomic E-state index is -3.62. The summed E-state index contributed by atoms with van der Waals surface area (Å²) in [6.07, 6.45) is 0. The maximum Gasteiger partial charge on any atom is 0.269 e. The quantitative estimate of drug-likeness (QED) is 0.442. The van der Waals surface area contributed by atoms with Gasteiger partial charge in [-0.1, -0.05) is 12.1 Å². The lowest BCUT2D eigenvalue weighted by Crippen LogP contribution is -2.48. The molecule has 8 nitrogen and oxygen atoms in total. The van der Waals surface area contributed by atoms with Crippen molar-refractivity contribution in [1.82, 2.24) is 4.31 Å². The first-order chi connectivity index (χ1) is 12.8. The number of hydrogen-bond donors (Lipinski definition) is 0. The normalized spacial score (nSPS) is 15.5. The van der Waals surface area contributed by atoms with Crippen LogP contribution in [-0.4, -0.2) is 49.6 Å². The predicted octanol–water partition coefficient (Wildman–Crippen LogP) is 2.31. The fourth-order valence-corrected chi connectivity index (χ4v) is 4.40. The molecule has 142 valence electrons. The van der Waals surface area contributed by atoms with Crippen LogP contribution in [0.5, 0.6) is 0 Å². The molecule has 1 heterocycles. The Morgan fingerprint density at radius 1 is 0.963 bits per heavy atom. The molecule has 0 unspecified atom stereocenters. The van der Waals surface area contributed by atoms with Crippen LogP contribution >= 0.6 is 0 Å². The van der Waals surface area contributed by atoms with Crippen LogP contribution in [0.1, 0.15) is 17.3 Å². The van der Waals surface area contributed by atoms with E-state index in [0.717, 1.165) is 5.69 Å². The van der Waals surface area contributed by atoms with Crippen LogP contribution in [-0.2, 0) is 10.0 Å². The van der Waals surface area contributed by atoms with E-state index in [2.05, 4.69) is 0 Å². The lowest BCUT2D eigenvalue weighted by molar-refractivity contribution is -0.384. The summed E-state index contributed by atoms with van der Waals surface area (Å²) in [7, 11) is -3.62. The van der Waals surface area contributed by atoms with Gasteiger partial charge >= 0.3 is 0 Å². The lowest BCUT2D eigenvalue weighted by Gasteiger charge is -2.35. The highest BCUT2D eigenvalue weighted by molar-refractivity contribution is 7.89. The number of Topliss-reactive ketones (excluding diaryl/α,β-unsaturated/α-hetero) is 1. The summed E-state index contributed by atoms with van der Waals surface area (Å²) in [5.74, 6) is -0.115. The van der Waals surface area contributed by atoms with Crippen molar-refractivity contribution in [3.63, 3.8) is 0 Å². The number of anilines is 1. The number of nitro groups is 1. The number of carbonyl (C=O) groups excluding carboxylic acids is 1. The lowest BCUT2D eigenvalue weighted by atomic mass is 10.2. The summed E-state index contributed by atoms with van der Waals surface area (Å²) >= 11 is 0. The van der Waals surface area contributed by atoms with E-state index in [1.54, 1.807) is 12.1 Å². The van der Waals surface area contributed by atoms with Crippen LogP contribution in [0.15, 0.2) is 53.4 Å². The maximum atomic E-state index is 12.8. The van der Waals surface area contributed by atoms with Gasteiger partial charge in [-0.3, -0.25) is 14.9 Å². The molecule has 0 N–H and O–H groups in total. The molecule has 9 heteroatoms. The molecule has 0 amide bonds. The Hall–Kier alpha value is -2.78. The van der Waals surface area contributed by atoms with Crippen molar-refractivity contribution in [3.8, 4) is 0 Å². The van der Waals surface area contributed by atoms with Crippen LogP contribution in [0.4, 0.5) is 11.4 Å². The zero-order valence-corrected chi connectivity index (χ0v) is 15.6. The molecule has 2 aromatic carbocycles. The summed E-state index contributed by atoms with van der Waals surface area (Å²) in [6.45, 7) is 3.04. The molecular formula is C18H19N3O5S. The van der Waals surface area contributed by atoms with Crippen LogP contribution in [0.3, 0.4) is 0 Å². The second-order valence-electron chi connectivity index (χ2n) is 6.25. The number of carbonyl (C=O) groups is 1.